The van der Waals surface area contributed by atoms with Crippen LogP contribution in [0.4, 0.5) is 4.79 Å². The Morgan fingerprint density at radius 3 is 1.95 bits per heavy atom. The van der Waals surface area contributed by atoms with Gasteiger partial charge in [0.05, 0.1) is 6.42 Å². The average Bonchev–Trinajstić information content (AvgIpc) is 2.18. The molecular formula is C14H26N2O5. The van der Waals surface area contributed by atoms with Gasteiger partial charge in [0.25, 0.3) is 0 Å². The summed E-state index contributed by atoms with van der Waals surface area (Å²) in [5.74, 6) is -1.17. The molecule has 122 valence electrons. The van der Waals surface area contributed by atoms with Crippen LogP contribution in [0.3, 0.4) is 0 Å². The number of carboxylic acids is 1. The number of nitrogens with one attached hydrogen (secondary N) is 2. The first-order chi connectivity index (χ1) is 9.41. The maximum atomic E-state index is 11.7. The molecule has 0 unspecified atom stereocenters. The second-order valence-electron chi connectivity index (χ2n) is 6.69. The highest BCUT2D eigenvalue weighted by Crippen LogP contribution is 2.24. The molecule has 21 heavy (non-hydrogen) atoms. The van der Waals surface area contributed by atoms with E-state index < -0.39 is 23.1 Å². The topological polar surface area (TPSA) is 105 Å². The van der Waals surface area contributed by atoms with Crippen molar-refractivity contribution in [2.24, 2.45) is 5.41 Å². The maximum Gasteiger partial charge on any atom is 0.407 e. The van der Waals surface area contributed by atoms with Gasteiger partial charge in [-0.15, -0.1) is 0 Å². The Labute approximate surface area is 125 Å². The first-order valence-corrected chi connectivity index (χ1v) is 6.87. The van der Waals surface area contributed by atoms with Gasteiger partial charge in [-0.25, -0.2) is 4.79 Å². The number of ether oxygens (including phenoxy) is 1. The second-order valence-corrected chi connectivity index (χ2v) is 6.69. The van der Waals surface area contributed by atoms with Gasteiger partial charge in [0.15, 0.2) is 0 Å². The Kier molecular flexibility index (Phi) is 7.18. The predicted molar refractivity (Wildman–Crippen MR) is 77.9 cm³/mol. The standard InChI is InChI=1S/C14H26N2O5/c1-13(2,3)21-12(20)16-7-6-15-10(17)8-14(4,5)9-11(18)19/h6-9H2,1-5H3,(H,15,17)(H,16,20)(H,18,19). The molecule has 0 radical (unpaired) electrons. The first kappa shape index (κ1) is 19.2. The van der Waals surface area contributed by atoms with Gasteiger partial charge in [-0.05, 0) is 26.2 Å². The second kappa shape index (κ2) is 7.85. The molecule has 0 aromatic heterocycles. The van der Waals surface area contributed by atoms with Crippen molar-refractivity contribution in [3.05, 3.63) is 0 Å². The van der Waals surface area contributed by atoms with E-state index in [-0.39, 0.29) is 31.8 Å². The molecule has 0 saturated carbocycles. The maximum absolute atomic E-state index is 11.7. The van der Waals surface area contributed by atoms with Gasteiger partial charge < -0.3 is 20.5 Å². The zero-order chi connectivity index (χ0) is 16.7. The smallest absolute Gasteiger partial charge is 0.407 e. The normalized spacial score (nSPS) is 11.7. The Hall–Kier alpha value is -1.79. The van der Waals surface area contributed by atoms with Gasteiger partial charge in [-0.1, -0.05) is 13.8 Å². The Balaban J connectivity index is 3.90. The van der Waals surface area contributed by atoms with Crippen molar-refractivity contribution in [1.82, 2.24) is 10.6 Å². The minimum absolute atomic E-state index is 0.0728. The van der Waals surface area contributed by atoms with E-state index in [2.05, 4.69) is 10.6 Å². The number of carbonyl (C=O) groups excluding carboxylic acids is 2. The molecule has 0 aliphatic rings. The number of hydrogen-bond donors (Lipinski definition) is 3. The Bertz CT molecular complexity index is 385. The third-order valence-electron chi connectivity index (χ3n) is 2.38. The summed E-state index contributed by atoms with van der Waals surface area (Å²) < 4.78 is 5.04. The van der Waals surface area contributed by atoms with E-state index in [1.165, 1.54) is 0 Å². The van der Waals surface area contributed by atoms with Crippen LogP contribution in [-0.4, -0.2) is 41.8 Å². The van der Waals surface area contributed by atoms with Crippen LogP contribution in [0.2, 0.25) is 0 Å². The molecule has 0 spiro atoms. The highest BCUT2D eigenvalue weighted by atomic mass is 16.6. The molecule has 0 aromatic carbocycles. The van der Waals surface area contributed by atoms with E-state index in [9.17, 15) is 14.4 Å². The Morgan fingerprint density at radius 2 is 1.48 bits per heavy atom. The van der Waals surface area contributed by atoms with Crippen LogP contribution in [-0.2, 0) is 14.3 Å². The molecule has 0 aliphatic heterocycles. The fourth-order valence-corrected chi connectivity index (χ4v) is 1.65. The fraction of sp³-hybridized carbons (Fsp3) is 0.786. The molecule has 0 bridgehead atoms. The van der Waals surface area contributed by atoms with E-state index in [1.54, 1.807) is 34.6 Å². The molecule has 7 nitrogen and oxygen atoms in total. The average molecular weight is 302 g/mol. The lowest BCUT2D eigenvalue weighted by Gasteiger charge is -2.22. The summed E-state index contributed by atoms with van der Waals surface area (Å²) in [5, 5.41) is 13.9. The van der Waals surface area contributed by atoms with Crippen LogP contribution in [0.25, 0.3) is 0 Å². The third-order valence-corrected chi connectivity index (χ3v) is 2.38. The lowest BCUT2D eigenvalue weighted by molar-refractivity contribution is -0.139. The molecule has 0 saturated heterocycles. The van der Waals surface area contributed by atoms with Gasteiger partial charge in [0, 0.05) is 19.5 Å². The summed E-state index contributed by atoms with van der Waals surface area (Å²) in [6, 6.07) is 0. The van der Waals surface area contributed by atoms with Gasteiger partial charge in [-0.3, -0.25) is 9.59 Å². The fourth-order valence-electron chi connectivity index (χ4n) is 1.65. The SMILES string of the molecule is CC(C)(CC(=O)O)CC(=O)NCCNC(=O)OC(C)(C)C. The number of amides is 2. The van der Waals surface area contributed by atoms with Crippen molar-refractivity contribution in [1.29, 1.82) is 0 Å². The largest absolute Gasteiger partial charge is 0.481 e. The van der Waals surface area contributed by atoms with Crippen molar-refractivity contribution < 1.29 is 24.2 Å². The zero-order valence-electron chi connectivity index (χ0n) is 13.4. The molecule has 7 heteroatoms. The van der Waals surface area contributed by atoms with Crippen LogP contribution in [0.5, 0.6) is 0 Å². The molecular weight excluding hydrogens is 276 g/mol. The van der Waals surface area contributed by atoms with Crippen molar-refractivity contribution in [3.8, 4) is 0 Å². The quantitative estimate of drug-likeness (QED) is 0.618. The van der Waals surface area contributed by atoms with Gasteiger partial charge in [-0.2, -0.15) is 0 Å². The predicted octanol–water partition coefficient (Wildman–Crippen LogP) is 1.52. The lowest BCUT2D eigenvalue weighted by Crippen LogP contribution is -2.38. The van der Waals surface area contributed by atoms with E-state index in [4.69, 9.17) is 9.84 Å². The first-order valence-electron chi connectivity index (χ1n) is 6.87. The number of carbonyl (C=O) groups is 3. The lowest BCUT2D eigenvalue weighted by atomic mass is 9.85. The molecule has 0 fully saturated rings. The van der Waals surface area contributed by atoms with Crippen molar-refractivity contribution in [2.45, 2.75) is 53.1 Å². The number of aliphatic carboxylic acids is 1. The summed E-state index contributed by atoms with van der Waals surface area (Å²) in [6.07, 6.45) is -0.495. The van der Waals surface area contributed by atoms with Gasteiger partial charge in [0.2, 0.25) is 5.91 Å². The monoisotopic (exact) mass is 302 g/mol. The third kappa shape index (κ3) is 11.7. The molecule has 3 N–H and O–H groups in total. The molecule has 0 aromatic rings. The minimum Gasteiger partial charge on any atom is -0.481 e. The van der Waals surface area contributed by atoms with Crippen LogP contribution < -0.4 is 10.6 Å². The zero-order valence-corrected chi connectivity index (χ0v) is 13.4. The molecule has 0 rings (SSSR count). The molecule has 0 aliphatic carbocycles. The van der Waals surface area contributed by atoms with Crippen molar-refractivity contribution in [3.63, 3.8) is 0 Å². The van der Waals surface area contributed by atoms with Crippen LogP contribution in [0.1, 0.15) is 47.5 Å². The molecule has 2 amide bonds. The summed E-state index contributed by atoms with van der Waals surface area (Å²) >= 11 is 0. The van der Waals surface area contributed by atoms with Crippen LogP contribution >= 0.6 is 0 Å². The minimum atomic E-state index is -0.931. The summed E-state index contributed by atoms with van der Waals surface area (Å²) in [5.41, 5.74) is -1.16. The number of hydrogen-bond acceptors (Lipinski definition) is 4. The summed E-state index contributed by atoms with van der Waals surface area (Å²) in [7, 11) is 0. The summed E-state index contributed by atoms with van der Waals surface area (Å²) in [6.45, 7) is 9.25. The summed E-state index contributed by atoms with van der Waals surface area (Å²) in [4.78, 5) is 33.7. The number of carboxylic acid groups (broad SMARTS) is 1. The van der Waals surface area contributed by atoms with E-state index in [0.29, 0.717) is 0 Å². The number of alkyl carbamates (subject to hydrolysis) is 1. The highest BCUT2D eigenvalue weighted by molar-refractivity contribution is 5.78. The van der Waals surface area contributed by atoms with E-state index in [1.807, 2.05) is 0 Å². The van der Waals surface area contributed by atoms with E-state index in [0.717, 1.165) is 0 Å². The highest BCUT2D eigenvalue weighted by Gasteiger charge is 2.25. The van der Waals surface area contributed by atoms with Gasteiger partial charge >= 0.3 is 12.1 Å². The Morgan fingerprint density at radius 1 is 0.952 bits per heavy atom. The van der Waals surface area contributed by atoms with Crippen LogP contribution in [0, 0.1) is 5.41 Å². The molecule has 0 atom stereocenters. The van der Waals surface area contributed by atoms with Crippen molar-refractivity contribution in [2.75, 3.05) is 13.1 Å². The molecule has 0 heterocycles. The van der Waals surface area contributed by atoms with E-state index >= 15 is 0 Å². The van der Waals surface area contributed by atoms with Crippen molar-refractivity contribution >= 4 is 18.0 Å². The van der Waals surface area contributed by atoms with Crippen LogP contribution in [0.15, 0.2) is 0 Å². The van der Waals surface area contributed by atoms with Gasteiger partial charge in [0.1, 0.15) is 5.60 Å². The number of rotatable bonds is 7.